The van der Waals surface area contributed by atoms with Crippen molar-refractivity contribution < 1.29 is 45.8 Å². The van der Waals surface area contributed by atoms with Crippen LogP contribution in [0, 0.1) is 13.8 Å². The van der Waals surface area contributed by atoms with E-state index in [2.05, 4.69) is 46.3 Å². The van der Waals surface area contributed by atoms with Crippen LogP contribution in [0.15, 0.2) is 41.4 Å². The fourth-order valence-electron chi connectivity index (χ4n) is 5.57. The summed E-state index contributed by atoms with van der Waals surface area (Å²) in [4.78, 5) is 59.2. The Morgan fingerprint density at radius 2 is 1.93 bits per heavy atom. The summed E-state index contributed by atoms with van der Waals surface area (Å²) in [6, 6.07) is 4.54. The number of hydrogen-bond donors (Lipinski definition) is 3. The maximum atomic E-state index is 14.0. The Kier molecular flexibility index (Phi) is 8.23. The molecule has 2 fully saturated rings. The Labute approximate surface area is 270 Å². The van der Waals surface area contributed by atoms with Gasteiger partial charge in [-0.1, -0.05) is 0 Å². The molecule has 4 aromatic rings. The van der Waals surface area contributed by atoms with Gasteiger partial charge in [-0.2, -0.15) is 0 Å². The number of halogens is 2. The summed E-state index contributed by atoms with van der Waals surface area (Å²) in [5, 5.41) is 27.7. The van der Waals surface area contributed by atoms with Crippen molar-refractivity contribution >= 4 is 50.2 Å². The molecule has 2 aliphatic rings. The van der Waals surface area contributed by atoms with Crippen molar-refractivity contribution in [2.75, 3.05) is 11.9 Å². The van der Waals surface area contributed by atoms with Gasteiger partial charge in [-0.25, -0.2) is 0 Å². The molecule has 0 radical (unpaired) electrons. The van der Waals surface area contributed by atoms with E-state index in [4.69, 9.17) is 0 Å². The van der Waals surface area contributed by atoms with E-state index in [-0.39, 0.29) is 43.9 Å². The van der Waals surface area contributed by atoms with Crippen molar-refractivity contribution in [3.8, 4) is 11.3 Å². The van der Waals surface area contributed by atoms with Gasteiger partial charge in [-0.3, -0.25) is 0 Å². The SMILES string of the molecule is CC(=O)c1nn(CC(=O)N2[C@H](C(=O)Nc3nc(Br)ccc3C)C[C@@]3(CC(O)CO)[I-][C@@H]23)c2cnc(-c3cnc(C)nc3)cc12. The number of hydrogen-bond acceptors (Lipinski definition) is 10. The van der Waals surface area contributed by atoms with Crippen molar-refractivity contribution in [1.82, 2.24) is 34.6 Å². The number of pyridine rings is 2. The number of nitrogens with one attached hydrogen (secondary N) is 1. The Hall–Kier alpha value is -3.41. The first-order valence-electron chi connectivity index (χ1n) is 13.8. The van der Waals surface area contributed by atoms with Gasteiger partial charge in [0.15, 0.2) is 0 Å². The third kappa shape index (κ3) is 5.73. The number of alkyl halides is 2. The van der Waals surface area contributed by atoms with Crippen LogP contribution >= 0.6 is 15.9 Å². The van der Waals surface area contributed by atoms with Gasteiger partial charge in [0.25, 0.3) is 0 Å². The molecule has 6 rings (SSSR count). The monoisotopic (exact) mass is 775 g/mol. The van der Waals surface area contributed by atoms with E-state index in [0.717, 1.165) is 5.56 Å². The van der Waals surface area contributed by atoms with Crippen molar-refractivity contribution in [3.63, 3.8) is 0 Å². The van der Waals surface area contributed by atoms with E-state index in [9.17, 15) is 24.6 Å². The normalized spacial score (nSPS) is 21.5. The molecule has 1 unspecified atom stereocenters. The first kappa shape index (κ1) is 30.6. The van der Waals surface area contributed by atoms with Gasteiger partial charge in [0.05, 0.1) is 0 Å². The molecule has 0 spiro atoms. The molecule has 2 aliphatic heterocycles. The van der Waals surface area contributed by atoms with E-state index < -0.39 is 33.4 Å². The van der Waals surface area contributed by atoms with Crippen molar-refractivity contribution in [1.29, 1.82) is 0 Å². The van der Waals surface area contributed by atoms with E-state index in [1.165, 1.54) is 11.6 Å². The molecular weight excluding hydrogens is 747 g/mol. The molecule has 4 atom stereocenters. The first-order valence-corrected chi connectivity index (χ1v) is 17.0. The number of anilines is 1. The summed E-state index contributed by atoms with van der Waals surface area (Å²) in [5.74, 6) is 0.0422. The number of aliphatic hydroxyl groups excluding tert-OH is 2. The van der Waals surface area contributed by atoms with E-state index in [1.807, 2.05) is 13.0 Å². The molecule has 0 aromatic carbocycles. The zero-order chi connectivity index (χ0) is 31.3. The second-order valence-electron chi connectivity index (χ2n) is 11.0. The van der Waals surface area contributed by atoms with Crippen LogP contribution in [0.25, 0.3) is 22.2 Å². The number of ketones is 1. The Balaban J connectivity index is 1.31. The number of carbonyl (C=O) groups is 3. The number of aliphatic hydroxyl groups is 2. The van der Waals surface area contributed by atoms with Crippen LogP contribution in [0.4, 0.5) is 5.82 Å². The zero-order valence-electron chi connectivity index (χ0n) is 24.0. The Morgan fingerprint density at radius 3 is 2.64 bits per heavy atom. The number of aromatic nitrogens is 6. The number of carbonyl (C=O) groups excluding carboxylic acids is 3. The van der Waals surface area contributed by atoms with Crippen molar-refractivity contribution in [2.45, 2.75) is 59.8 Å². The van der Waals surface area contributed by atoms with Crippen molar-refractivity contribution in [2.24, 2.45) is 0 Å². The minimum absolute atomic E-state index is 0.178. The molecule has 3 N–H and O–H groups in total. The summed E-state index contributed by atoms with van der Waals surface area (Å²) in [6.45, 7) is 4.42. The summed E-state index contributed by atoms with van der Waals surface area (Å²) >= 11 is 2.78. The third-order valence-corrected chi connectivity index (χ3v) is 12.7. The van der Waals surface area contributed by atoms with Gasteiger partial charge in [0.2, 0.25) is 0 Å². The maximum absolute atomic E-state index is 14.0. The number of Topliss-reactive ketones (excluding diaryl/α,β-unsaturated/α-hetero) is 1. The Bertz CT molecular complexity index is 1800. The molecule has 2 amide bonds. The van der Waals surface area contributed by atoms with Gasteiger partial charge in [-0.15, -0.1) is 0 Å². The van der Waals surface area contributed by atoms with E-state index in [0.29, 0.717) is 51.2 Å². The van der Waals surface area contributed by atoms with Crippen LogP contribution in [0.2, 0.25) is 0 Å². The van der Waals surface area contributed by atoms with Gasteiger partial charge in [0, 0.05) is 0 Å². The topological polar surface area (TPSA) is 176 Å². The fraction of sp³-hybridized carbons (Fsp3) is 0.379. The first-order chi connectivity index (χ1) is 21.0. The number of likely N-dealkylation sites (tertiary alicyclic amines) is 1. The summed E-state index contributed by atoms with van der Waals surface area (Å²) in [5.41, 5.74) is 2.71. The van der Waals surface area contributed by atoms with Crippen LogP contribution in [-0.4, -0.2) is 88.6 Å². The molecule has 0 saturated carbocycles. The standard InChI is InChI=1S/C29H29BrIN8O5/c1-14-4-5-23(30)35-26(14)36-27(44)21-8-29(7-18(42)13-40)28(31-29)39(21)24(43)12-38-22-11-34-20(17-9-32-16(3)33-10-17)6-19(22)25(37-38)15(2)41/h4-6,9-11,18,21,28,40,42H,7-8,12-13H2,1-3H3,(H,35,36,44)/q-1/t18?,21-,28-,29+/m0/s1. The average molecular weight is 776 g/mol. The predicted molar refractivity (Wildman–Crippen MR) is 158 cm³/mol. The molecule has 13 nitrogen and oxygen atoms in total. The number of amides is 2. The third-order valence-electron chi connectivity index (χ3n) is 7.82. The fourth-order valence-corrected chi connectivity index (χ4v) is 10.1. The molecular formula is C29H29BrIN8O5-. The summed E-state index contributed by atoms with van der Waals surface area (Å²) < 4.78 is 1.46. The molecule has 2 saturated heterocycles. The molecule has 0 aliphatic carbocycles. The Morgan fingerprint density at radius 1 is 1.18 bits per heavy atom. The minimum atomic E-state index is -0.931. The van der Waals surface area contributed by atoms with E-state index in [1.54, 1.807) is 42.5 Å². The van der Waals surface area contributed by atoms with Crippen LogP contribution < -0.4 is 26.5 Å². The number of rotatable bonds is 9. The van der Waals surface area contributed by atoms with Crippen LogP contribution in [0.5, 0.6) is 0 Å². The second kappa shape index (κ2) is 11.8. The molecule has 4 aromatic heterocycles. The van der Waals surface area contributed by atoms with Gasteiger partial charge in [0.1, 0.15) is 5.82 Å². The predicted octanol–water partition coefficient (Wildman–Crippen LogP) is -0.984. The summed E-state index contributed by atoms with van der Waals surface area (Å²) in [7, 11) is 0. The number of fused-ring (bicyclic) bond motifs is 2. The number of nitrogens with zero attached hydrogens (tertiary/aromatic N) is 7. The van der Waals surface area contributed by atoms with Crippen LogP contribution in [-0.2, 0) is 16.1 Å². The summed E-state index contributed by atoms with van der Waals surface area (Å²) in [6.07, 6.45) is 4.64. The zero-order valence-corrected chi connectivity index (χ0v) is 27.8. The van der Waals surface area contributed by atoms with Crippen molar-refractivity contribution in [3.05, 3.63) is 58.5 Å². The van der Waals surface area contributed by atoms with Gasteiger partial charge >= 0.3 is 259 Å². The van der Waals surface area contributed by atoms with E-state index >= 15 is 0 Å². The molecule has 15 heteroatoms. The quantitative estimate of drug-likeness (QED) is 0.0630. The molecule has 0 bridgehead atoms. The van der Waals surface area contributed by atoms with Gasteiger partial charge in [-0.05, 0) is 6.92 Å². The number of aryl methyl sites for hydroxylation is 2. The molecule has 44 heavy (non-hydrogen) atoms. The van der Waals surface area contributed by atoms with Crippen LogP contribution in [0.1, 0.15) is 41.6 Å². The van der Waals surface area contributed by atoms with Gasteiger partial charge < -0.3 is 0 Å². The van der Waals surface area contributed by atoms with Crippen LogP contribution in [0.3, 0.4) is 0 Å². The second-order valence-corrected chi connectivity index (χ2v) is 15.8. The average Bonchev–Trinajstić information content (AvgIpc) is 3.39. The molecule has 230 valence electrons. The molecule has 6 heterocycles.